The van der Waals surface area contributed by atoms with E-state index in [0.717, 1.165) is 47.9 Å². The minimum Gasteiger partial charge on any atom is -0.358 e. The molecule has 0 saturated carbocycles. The summed E-state index contributed by atoms with van der Waals surface area (Å²) in [5.41, 5.74) is 5.84. The van der Waals surface area contributed by atoms with E-state index in [1.165, 1.54) is 16.6 Å². The lowest BCUT2D eigenvalue weighted by Crippen LogP contribution is -2.39. The lowest BCUT2D eigenvalue weighted by Gasteiger charge is -2.33. The number of rotatable bonds is 5. The number of nitrogens with one attached hydrogen (secondary N) is 1. The number of amides is 1. The van der Waals surface area contributed by atoms with Crippen LogP contribution in [0.15, 0.2) is 79.3 Å². The maximum Gasteiger partial charge on any atom is 0.224 e. The molecule has 0 spiro atoms. The van der Waals surface area contributed by atoms with Gasteiger partial charge in [0.25, 0.3) is 0 Å². The van der Waals surface area contributed by atoms with Crippen LogP contribution in [0.2, 0.25) is 0 Å². The highest BCUT2D eigenvalue weighted by molar-refractivity contribution is 5.97. The van der Waals surface area contributed by atoms with Gasteiger partial charge in [-0.3, -0.25) is 14.5 Å². The summed E-state index contributed by atoms with van der Waals surface area (Å²) < 4.78 is 1.94. The molecule has 1 atom stereocenters. The van der Waals surface area contributed by atoms with Crippen molar-refractivity contribution >= 4 is 27.7 Å². The molecule has 1 aliphatic heterocycles. The summed E-state index contributed by atoms with van der Waals surface area (Å²) in [6, 6.07) is 20.7. The Balaban J connectivity index is 1.24. The summed E-state index contributed by atoms with van der Waals surface area (Å²) in [5.74, 6) is 0.477. The van der Waals surface area contributed by atoms with Crippen LogP contribution in [0.3, 0.4) is 0 Å². The van der Waals surface area contributed by atoms with Crippen LogP contribution in [0.4, 0.5) is 0 Å². The van der Waals surface area contributed by atoms with Crippen molar-refractivity contribution in [1.82, 2.24) is 24.6 Å². The topological polar surface area (TPSA) is 66.8 Å². The molecule has 170 valence electrons. The highest BCUT2D eigenvalue weighted by Gasteiger charge is 2.28. The van der Waals surface area contributed by atoms with E-state index >= 15 is 0 Å². The third kappa shape index (κ3) is 3.75. The number of para-hydroxylation sites is 2. The van der Waals surface area contributed by atoms with Crippen molar-refractivity contribution in [3.8, 4) is 11.1 Å². The maximum atomic E-state index is 13.2. The van der Waals surface area contributed by atoms with E-state index in [4.69, 9.17) is 0 Å². The second kappa shape index (κ2) is 8.78. The molecule has 34 heavy (non-hydrogen) atoms. The second-order valence-electron chi connectivity index (χ2n) is 9.05. The lowest BCUT2D eigenvalue weighted by atomic mass is 9.89. The summed E-state index contributed by atoms with van der Waals surface area (Å²) in [6.07, 6.45) is 8.09. The number of benzene rings is 2. The molecule has 6 heteroatoms. The van der Waals surface area contributed by atoms with Crippen molar-refractivity contribution in [2.45, 2.75) is 31.7 Å². The Morgan fingerprint density at radius 3 is 2.76 bits per heavy atom. The van der Waals surface area contributed by atoms with Crippen LogP contribution in [0.25, 0.3) is 32.9 Å². The predicted octanol–water partition coefficient (Wildman–Crippen LogP) is 5.38. The van der Waals surface area contributed by atoms with Crippen molar-refractivity contribution in [3.05, 3.63) is 84.9 Å². The van der Waals surface area contributed by atoms with Gasteiger partial charge in [-0.25, -0.2) is 0 Å². The quantitative estimate of drug-likeness (QED) is 0.392. The molecular formula is C28H27N5O. The fourth-order valence-corrected chi connectivity index (χ4v) is 5.30. The van der Waals surface area contributed by atoms with Gasteiger partial charge in [0.2, 0.25) is 5.91 Å². The van der Waals surface area contributed by atoms with Crippen molar-refractivity contribution in [1.29, 1.82) is 0 Å². The Morgan fingerprint density at radius 2 is 1.85 bits per heavy atom. The molecule has 1 saturated heterocycles. The minimum atomic E-state index is 0.200. The van der Waals surface area contributed by atoms with Crippen LogP contribution in [-0.2, 0) is 11.3 Å². The molecule has 1 amide bonds. The largest absolute Gasteiger partial charge is 0.358 e. The first-order chi connectivity index (χ1) is 16.8. The smallest absolute Gasteiger partial charge is 0.224 e. The van der Waals surface area contributed by atoms with Gasteiger partial charge in [0.05, 0.1) is 18.3 Å². The number of carbonyl (C=O) groups is 1. The Hall–Kier alpha value is -3.93. The van der Waals surface area contributed by atoms with E-state index in [-0.39, 0.29) is 11.8 Å². The standard InChI is InChI=1S/C28H27N5O/c34-26(13-17-33-25-10-4-1-6-21(25)18-30-33)32-16-5-7-22(19-32)28-27(20-11-14-29-15-12-20)23-8-2-3-9-24(23)31-28/h1-4,6,8-12,14-15,18,22,31H,5,7,13,16-17,19H2. The molecule has 4 heterocycles. The average molecular weight is 450 g/mol. The molecule has 6 nitrogen and oxygen atoms in total. The number of hydrogen-bond donors (Lipinski definition) is 1. The number of pyridine rings is 1. The Bertz CT molecular complexity index is 1450. The van der Waals surface area contributed by atoms with Crippen molar-refractivity contribution in [2.24, 2.45) is 0 Å². The van der Waals surface area contributed by atoms with Gasteiger partial charge in [-0.05, 0) is 42.7 Å². The number of aryl methyl sites for hydroxylation is 1. The third-order valence-electron chi connectivity index (χ3n) is 6.97. The number of fused-ring (bicyclic) bond motifs is 2. The fourth-order valence-electron chi connectivity index (χ4n) is 5.30. The van der Waals surface area contributed by atoms with Crippen LogP contribution in [0.1, 0.15) is 30.9 Å². The van der Waals surface area contributed by atoms with Gasteiger partial charge in [-0.1, -0.05) is 36.4 Å². The molecule has 6 rings (SSSR count). The van der Waals surface area contributed by atoms with Crippen LogP contribution < -0.4 is 0 Å². The zero-order valence-electron chi connectivity index (χ0n) is 19.0. The first-order valence-electron chi connectivity index (χ1n) is 12.0. The molecule has 0 radical (unpaired) electrons. The summed E-state index contributed by atoms with van der Waals surface area (Å²) in [7, 11) is 0. The number of aromatic amines is 1. The van der Waals surface area contributed by atoms with Gasteiger partial charge in [0.15, 0.2) is 0 Å². The minimum absolute atomic E-state index is 0.200. The predicted molar refractivity (Wildman–Crippen MR) is 134 cm³/mol. The number of nitrogens with zero attached hydrogens (tertiary/aromatic N) is 4. The maximum absolute atomic E-state index is 13.2. The number of aromatic nitrogens is 4. The van der Waals surface area contributed by atoms with Crippen molar-refractivity contribution in [2.75, 3.05) is 13.1 Å². The Morgan fingerprint density at radius 1 is 1.03 bits per heavy atom. The molecule has 1 aliphatic rings. The number of H-pyrrole nitrogens is 1. The molecule has 3 aromatic heterocycles. The Kier molecular flexibility index (Phi) is 5.34. The van der Waals surface area contributed by atoms with E-state index in [1.807, 2.05) is 40.3 Å². The molecule has 0 bridgehead atoms. The molecule has 1 N–H and O–H groups in total. The lowest BCUT2D eigenvalue weighted by molar-refractivity contribution is -0.132. The van der Waals surface area contributed by atoms with E-state index in [9.17, 15) is 4.79 Å². The molecule has 0 aliphatic carbocycles. The highest BCUT2D eigenvalue weighted by Crippen LogP contribution is 2.39. The van der Waals surface area contributed by atoms with E-state index in [0.29, 0.717) is 13.0 Å². The number of likely N-dealkylation sites (tertiary alicyclic amines) is 1. The SMILES string of the molecule is O=C(CCn1ncc2ccccc21)N1CCCC(c2[nH]c3ccccc3c2-c2ccncc2)C1. The molecule has 1 unspecified atom stereocenters. The number of hydrogen-bond acceptors (Lipinski definition) is 3. The molecular weight excluding hydrogens is 422 g/mol. The summed E-state index contributed by atoms with van der Waals surface area (Å²) >= 11 is 0. The van der Waals surface area contributed by atoms with Gasteiger partial charge in [-0.15, -0.1) is 0 Å². The van der Waals surface area contributed by atoms with Crippen molar-refractivity contribution < 1.29 is 4.79 Å². The third-order valence-corrected chi connectivity index (χ3v) is 6.97. The van der Waals surface area contributed by atoms with E-state index in [1.54, 1.807) is 0 Å². The normalized spacial score (nSPS) is 16.4. The van der Waals surface area contributed by atoms with Crippen LogP contribution in [0, 0.1) is 0 Å². The molecule has 2 aromatic carbocycles. The van der Waals surface area contributed by atoms with Gasteiger partial charge < -0.3 is 9.88 Å². The zero-order chi connectivity index (χ0) is 22.9. The fraction of sp³-hybridized carbons (Fsp3) is 0.250. The van der Waals surface area contributed by atoms with E-state index in [2.05, 4.69) is 63.6 Å². The second-order valence-corrected chi connectivity index (χ2v) is 9.05. The van der Waals surface area contributed by atoms with Crippen LogP contribution in [-0.4, -0.2) is 43.6 Å². The highest BCUT2D eigenvalue weighted by atomic mass is 16.2. The molecule has 1 fully saturated rings. The van der Waals surface area contributed by atoms with Crippen LogP contribution >= 0.6 is 0 Å². The van der Waals surface area contributed by atoms with Gasteiger partial charge in [0.1, 0.15) is 0 Å². The van der Waals surface area contributed by atoms with Gasteiger partial charge in [-0.2, -0.15) is 5.10 Å². The van der Waals surface area contributed by atoms with Gasteiger partial charge in [0, 0.05) is 65.4 Å². The van der Waals surface area contributed by atoms with Crippen LogP contribution in [0.5, 0.6) is 0 Å². The summed E-state index contributed by atoms with van der Waals surface area (Å²) in [4.78, 5) is 23.1. The number of piperidine rings is 1. The molecule has 5 aromatic rings. The van der Waals surface area contributed by atoms with Crippen molar-refractivity contribution in [3.63, 3.8) is 0 Å². The average Bonchev–Trinajstić information content (AvgIpc) is 3.49. The first kappa shape index (κ1) is 20.7. The number of carbonyl (C=O) groups excluding carboxylic acids is 1. The monoisotopic (exact) mass is 449 g/mol. The Labute approximate surface area is 198 Å². The summed E-state index contributed by atoms with van der Waals surface area (Å²) in [5, 5.41) is 6.81. The van der Waals surface area contributed by atoms with Gasteiger partial charge >= 0.3 is 0 Å². The first-order valence-corrected chi connectivity index (χ1v) is 12.0. The van der Waals surface area contributed by atoms with E-state index < -0.39 is 0 Å². The summed E-state index contributed by atoms with van der Waals surface area (Å²) in [6.45, 7) is 2.16. The zero-order valence-corrected chi connectivity index (χ0v) is 19.0.